The lowest BCUT2D eigenvalue weighted by atomic mass is 9.95. The van der Waals surface area contributed by atoms with Gasteiger partial charge in [0.2, 0.25) is 0 Å². The van der Waals surface area contributed by atoms with Gasteiger partial charge in [-0.05, 0) is 38.9 Å². The molecule has 1 aromatic carbocycles. The lowest BCUT2D eigenvalue weighted by Gasteiger charge is -2.37. The number of para-hydroxylation sites is 1. The molecule has 0 aromatic heterocycles. The van der Waals surface area contributed by atoms with Gasteiger partial charge in [0.25, 0.3) is 5.91 Å². The van der Waals surface area contributed by atoms with Crippen LogP contribution in [0.25, 0.3) is 0 Å². The molecule has 0 saturated carbocycles. The number of carbonyl (C=O) groups is 1. The standard InChI is InChI=1S/C15H22N2O2/c1-15(2,19-4)14(18)17-10-9-12(16-3)11-7-5-6-8-13(11)17/h5-8,12,16H,9-10H2,1-4H3. The maximum atomic E-state index is 12.6. The molecule has 1 aromatic rings. The zero-order valence-corrected chi connectivity index (χ0v) is 12.1. The molecule has 0 fully saturated rings. The molecule has 1 amide bonds. The van der Waals surface area contributed by atoms with E-state index in [4.69, 9.17) is 4.74 Å². The molecule has 4 heteroatoms. The second-order valence-electron chi connectivity index (χ2n) is 5.36. The van der Waals surface area contributed by atoms with E-state index in [1.54, 1.807) is 7.11 Å². The number of rotatable bonds is 3. The second kappa shape index (κ2) is 5.31. The molecular weight excluding hydrogens is 240 g/mol. The molecule has 0 radical (unpaired) electrons. The Labute approximate surface area is 114 Å². The lowest BCUT2D eigenvalue weighted by molar-refractivity contribution is -0.136. The van der Waals surface area contributed by atoms with Crippen LogP contribution in [0.3, 0.4) is 0 Å². The summed E-state index contributed by atoms with van der Waals surface area (Å²) in [5, 5.41) is 3.30. The van der Waals surface area contributed by atoms with E-state index in [1.807, 2.05) is 44.0 Å². The molecule has 4 nitrogen and oxygen atoms in total. The van der Waals surface area contributed by atoms with Gasteiger partial charge in [0, 0.05) is 25.4 Å². The molecule has 1 aliphatic rings. The zero-order chi connectivity index (χ0) is 14.0. The number of anilines is 1. The zero-order valence-electron chi connectivity index (χ0n) is 12.1. The smallest absolute Gasteiger partial charge is 0.258 e. The Morgan fingerprint density at radius 3 is 2.74 bits per heavy atom. The van der Waals surface area contributed by atoms with Crippen molar-refractivity contribution < 1.29 is 9.53 Å². The minimum Gasteiger partial charge on any atom is -0.369 e. The van der Waals surface area contributed by atoms with Crippen molar-refractivity contribution in [2.75, 3.05) is 25.6 Å². The third-order valence-electron chi connectivity index (χ3n) is 3.86. The van der Waals surface area contributed by atoms with Crippen LogP contribution in [0.1, 0.15) is 31.9 Å². The van der Waals surface area contributed by atoms with Crippen molar-refractivity contribution in [2.45, 2.75) is 31.9 Å². The summed E-state index contributed by atoms with van der Waals surface area (Å²) in [6, 6.07) is 8.37. The number of carbonyl (C=O) groups excluding carboxylic acids is 1. The number of benzene rings is 1. The molecular formula is C15H22N2O2. The number of amides is 1. The van der Waals surface area contributed by atoms with Gasteiger partial charge in [-0.15, -0.1) is 0 Å². The topological polar surface area (TPSA) is 41.6 Å². The van der Waals surface area contributed by atoms with Crippen LogP contribution in [0, 0.1) is 0 Å². The van der Waals surface area contributed by atoms with Gasteiger partial charge in [0.05, 0.1) is 0 Å². The molecule has 1 aliphatic heterocycles. The van der Waals surface area contributed by atoms with E-state index in [-0.39, 0.29) is 5.91 Å². The first-order chi connectivity index (χ1) is 9.01. The Hall–Kier alpha value is -1.39. The highest BCUT2D eigenvalue weighted by molar-refractivity contribution is 6.00. The number of methoxy groups -OCH3 is 1. The number of hydrogen-bond acceptors (Lipinski definition) is 3. The summed E-state index contributed by atoms with van der Waals surface area (Å²) in [5.41, 5.74) is 1.37. The summed E-state index contributed by atoms with van der Waals surface area (Å²) in [4.78, 5) is 14.4. The Bertz CT molecular complexity index is 471. The van der Waals surface area contributed by atoms with Gasteiger partial charge in [-0.25, -0.2) is 0 Å². The summed E-state index contributed by atoms with van der Waals surface area (Å²) in [5.74, 6) is 0.0111. The highest BCUT2D eigenvalue weighted by Gasteiger charge is 2.36. The van der Waals surface area contributed by atoms with E-state index < -0.39 is 5.60 Å². The van der Waals surface area contributed by atoms with E-state index in [0.29, 0.717) is 12.6 Å². The van der Waals surface area contributed by atoms with Gasteiger partial charge in [0.15, 0.2) is 0 Å². The predicted molar refractivity (Wildman–Crippen MR) is 76.3 cm³/mol. The number of nitrogens with zero attached hydrogens (tertiary/aromatic N) is 1. The normalized spacial score (nSPS) is 19.2. The van der Waals surface area contributed by atoms with Gasteiger partial charge in [-0.3, -0.25) is 4.79 Å². The fourth-order valence-corrected chi connectivity index (χ4v) is 2.49. The summed E-state index contributed by atoms with van der Waals surface area (Å²) >= 11 is 0. The quantitative estimate of drug-likeness (QED) is 0.907. The summed E-state index contributed by atoms with van der Waals surface area (Å²) in [6.07, 6.45) is 0.916. The van der Waals surface area contributed by atoms with Gasteiger partial charge < -0.3 is 15.0 Å². The first-order valence-corrected chi connectivity index (χ1v) is 6.64. The van der Waals surface area contributed by atoms with Gasteiger partial charge >= 0.3 is 0 Å². The number of hydrogen-bond donors (Lipinski definition) is 1. The van der Waals surface area contributed by atoms with Crippen LogP contribution in [-0.2, 0) is 9.53 Å². The van der Waals surface area contributed by atoms with Gasteiger partial charge in [-0.1, -0.05) is 18.2 Å². The van der Waals surface area contributed by atoms with Crippen LogP contribution >= 0.6 is 0 Å². The Balaban J connectivity index is 2.37. The summed E-state index contributed by atoms with van der Waals surface area (Å²) in [6.45, 7) is 4.33. The Morgan fingerprint density at radius 1 is 1.42 bits per heavy atom. The third kappa shape index (κ3) is 2.51. The second-order valence-corrected chi connectivity index (χ2v) is 5.36. The molecule has 0 spiro atoms. The van der Waals surface area contributed by atoms with Gasteiger partial charge in [-0.2, -0.15) is 0 Å². The van der Waals surface area contributed by atoms with Crippen molar-refractivity contribution in [2.24, 2.45) is 0 Å². The SMILES string of the molecule is CNC1CCN(C(=O)C(C)(C)OC)c2ccccc21. The number of fused-ring (bicyclic) bond motifs is 1. The molecule has 0 aliphatic carbocycles. The monoisotopic (exact) mass is 262 g/mol. The van der Waals surface area contributed by atoms with Crippen LogP contribution in [-0.4, -0.2) is 32.2 Å². The van der Waals surface area contributed by atoms with Crippen LogP contribution < -0.4 is 10.2 Å². The maximum Gasteiger partial charge on any atom is 0.258 e. The van der Waals surface area contributed by atoms with Gasteiger partial charge in [0.1, 0.15) is 5.60 Å². The van der Waals surface area contributed by atoms with Crippen molar-refractivity contribution in [3.05, 3.63) is 29.8 Å². The largest absolute Gasteiger partial charge is 0.369 e. The molecule has 19 heavy (non-hydrogen) atoms. The molecule has 0 saturated heterocycles. The third-order valence-corrected chi connectivity index (χ3v) is 3.86. The fraction of sp³-hybridized carbons (Fsp3) is 0.533. The van der Waals surface area contributed by atoms with Crippen LogP contribution in [0.15, 0.2) is 24.3 Å². The molecule has 104 valence electrons. The first-order valence-electron chi connectivity index (χ1n) is 6.64. The molecule has 0 bridgehead atoms. The molecule has 1 N–H and O–H groups in total. The molecule has 1 heterocycles. The Morgan fingerprint density at radius 2 is 2.11 bits per heavy atom. The summed E-state index contributed by atoms with van der Waals surface area (Å²) < 4.78 is 5.31. The summed E-state index contributed by atoms with van der Waals surface area (Å²) in [7, 11) is 3.53. The van der Waals surface area contributed by atoms with E-state index in [9.17, 15) is 4.79 Å². The maximum absolute atomic E-state index is 12.6. The number of nitrogens with one attached hydrogen (secondary N) is 1. The van der Waals surface area contributed by atoms with E-state index in [0.717, 1.165) is 12.1 Å². The van der Waals surface area contributed by atoms with Crippen LogP contribution in [0.2, 0.25) is 0 Å². The minimum atomic E-state index is -0.792. The van der Waals surface area contributed by atoms with Crippen molar-refractivity contribution in [3.63, 3.8) is 0 Å². The molecule has 1 unspecified atom stereocenters. The van der Waals surface area contributed by atoms with E-state index >= 15 is 0 Å². The fourth-order valence-electron chi connectivity index (χ4n) is 2.49. The highest BCUT2D eigenvalue weighted by Crippen LogP contribution is 2.34. The van der Waals surface area contributed by atoms with E-state index in [2.05, 4.69) is 11.4 Å². The average molecular weight is 262 g/mol. The van der Waals surface area contributed by atoms with Crippen LogP contribution in [0.4, 0.5) is 5.69 Å². The van der Waals surface area contributed by atoms with Crippen molar-refractivity contribution in [3.8, 4) is 0 Å². The lowest BCUT2D eigenvalue weighted by Crippen LogP contribution is -2.49. The average Bonchev–Trinajstić information content (AvgIpc) is 2.45. The first kappa shape index (κ1) is 14.0. The Kier molecular flexibility index (Phi) is 3.92. The highest BCUT2D eigenvalue weighted by atomic mass is 16.5. The van der Waals surface area contributed by atoms with E-state index in [1.165, 1.54) is 5.56 Å². The van der Waals surface area contributed by atoms with Crippen LogP contribution in [0.5, 0.6) is 0 Å². The van der Waals surface area contributed by atoms with Crippen molar-refractivity contribution in [1.82, 2.24) is 5.32 Å². The van der Waals surface area contributed by atoms with Crippen molar-refractivity contribution >= 4 is 11.6 Å². The predicted octanol–water partition coefficient (Wildman–Crippen LogP) is 2.11. The molecule has 2 rings (SSSR count). The molecule has 1 atom stereocenters. The minimum absolute atomic E-state index is 0.0111. The number of ether oxygens (including phenoxy) is 1. The van der Waals surface area contributed by atoms with Crippen molar-refractivity contribution in [1.29, 1.82) is 0 Å².